The zero-order chi connectivity index (χ0) is 14.7. The van der Waals surface area contributed by atoms with E-state index < -0.39 is 5.97 Å². The van der Waals surface area contributed by atoms with Gasteiger partial charge >= 0.3 is 5.97 Å². The highest BCUT2D eigenvalue weighted by Crippen LogP contribution is 2.20. The summed E-state index contributed by atoms with van der Waals surface area (Å²) in [5, 5.41) is 11.8. The molecule has 20 heavy (non-hydrogen) atoms. The van der Waals surface area contributed by atoms with Gasteiger partial charge in [-0.2, -0.15) is 0 Å². The first-order chi connectivity index (χ1) is 9.49. The second-order valence-electron chi connectivity index (χ2n) is 4.47. The molecule has 0 aliphatic rings. The molecule has 5 heteroatoms. The molecule has 5 nitrogen and oxygen atoms in total. The SMILES string of the molecule is Cc1cc(NC(=O)c2cccnc2)cc(C(=O)O)c1C. The molecule has 1 heterocycles. The highest BCUT2D eigenvalue weighted by atomic mass is 16.4. The number of hydrogen-bond donors (Lipinski definition) is 2. The van der Waals surface area contributed by atoms with Gasteiger partial charge in [0.2, 0.25) is 0 Å². The number of anilines is 1. The minimum absolute atomic E-state index is 0.187. The van der Waals surface area contributed by atoms with Gasteiger partial charge in [0.05, 0.1) is 11.1 Å². The van der Waals surface area contributed by atoms with Crippen molar-refractivity contribution in [2.45, 2.75) is 13.8 Å². The summed E-state index contributed by atoms with van der Waals surface area (Å²) in [5.74, 6) is -1.33. The number of aromatic nitrogens is 1. The number of pyridine rings is 1. The molecule has 0 saturated heterocycles. The van der Waals surface area contributed by atoms with Crippen LogP contribution in [0, 0.1) is 13.8 Å². The predicted molar refractivity (Wildman–Crippen MR) is 75.1 cm³/mol. The average Bonchev–Trinajstić information content (AvgIpc) is 2.43. The standard InChI is InChI=1S/C15H14N2O3/c1-9-6-12(7-13(10(9)2)15(19)20)17-14(18)11-4-3-5-16-8-11/h3-8H,1-2H3,(H,17,18)(H,19,20). The van der Waals surface area contributed by atoms with E-state index in [1.807, 2.05) is 6.92 Å². The molecule has 0 spiro atoms. The van der Waals surface area contributed by atoms with Crippen LogP contribution in [0.3, 0.4) is 0 Å². The number of aromatic carboxylic acids is 1. The maximum atomic E-state index is 12.0. The summed E-state index contributed by atoms with van der Waals surface area (Å²) in [4.78, 5) is 27.0. The van der Waals surface area contributed by atoms with Crippen LogP contribution < -0.4 is 5.32 Å². The number of nitrogens with zero attached hydrogens (tertiary/aromatic N) is 1. The highest BCUT2D eigenvalue weighted by Gasteiger charge is 2.13. The van der Waals surface area contributed by atoms with Crippen molar-refractivity contribution in [3.63, 3.8) is 0 Å². The van der Waals surface area contributed by atoms with Gasteiger partial charge in [-0.25, -0.2) is 4.79 Å². The zero-order valence-electron chi connectivity index (χ0n) is 11.2. The molecule has 0 saturated carbocycles. The van der Waals surface area contributed by atoms with Crippen molar-refractivity contribution < 1.29 is 14.7 Å². The summed E-state index contributed by atoms with van der Waals surface area (Å²) in [6, 6.07) is 6.51. The average molecular weight is 270 g/mol. The fraction of sp³-hybridized carbons (Fsp3) is 0.133. The maximum absolute atomic E-state index is 12.0. The van der Waals surface area contributed by atoms with Crippen LogP contribution in [0.5, 0.6) is 0 Å². The summed E-state index contributed by atoms with van der Waals surface area (Å²) in [5.41, 5.74) is 2.57. The van der Waals surface area contributed by atoms with E-state index in [2.05, 4.69) is 10.3 Å². The van der Waals surface area contributed by atoms with Gasteiger partial charge < -0.3 is 10.4 Å². The molecule has 0 unspecified atom stereocenters. The first kappa shape index (κ1) is 13.7. The van der Waals surface area contributed by atoms with Crippen LogP contribution in [0.1, 0.15) is 31.8 Å². The van der Waals surface area contributed by atoms with E-state index >= 15 is 0 Å². The quantitative estimate of drug-likeness (QED) is 0.898. The monoisotopic (exact) mass is 270 g/mol. The Labute approximate surface area is 116 Å². The lowest BCUT2D eigenvalue weighted by molar-refractivity contribution is 0.0695. The summed E-state index contributed by atoms with van der Waals surface area (Å²) in [6.45, 7) is 3.55. The lowest BCUT2D eigenvalue weighted by atomic mass is 10.0. The number of amides is 1. The maximum Gasteiger partial charge on any atom is 0.336 e. The smallest absolute Gasteiger partial charge is 0.336 e. The number of hydrogen-bond acceptors (Lipinski definition) is 3. The molecule has 1 aromatic heterocycles. The molecule has 2 rings (SSSR count). The molecule has 0 bridgehead atoms. The molecule has 0 fully saturated rings. The molecular formula is C15H14N2O3. The van der Waals surface area contributed by atoms with E-state index in [0.717, 1.165) is 5.56 Å². The molecule has 0 radical (unpaired) electrons. The lowest BCUT2D eigenvalue weighted by Crippen LogP contribution is -2.13. The van der Waals surface area contributed by atoms with E-state index in [4.69, 9.17) is 5.11 Å². The van der Waals surface area contributed by atoms with Crippen molar-refractivity contribution in [1.82, 2.24) is 4.98 Å². The Morgan fingerprint density at radius 1 is 1.25 bits per heavy atom. The second-order valence-corrected chi connectivity index (χ2v) is 4.47. The number of aryl methyl sites for hydroxylation is 1. The summed E-state index contributed by atoms with van der Waals surface area (Å²) in [6.07, 6.45) is 3.03. The largest absolute Gasteiger partial charge is 0.478 e. The van der Waals surface area contributed by atoms with Gasteiger partial charge in [-0.1, -0.05) is 0 Å². The van der Waals surface area contributed by atoms with E-state index in [1.54, 1.807) is 31.3 Å². The van der Waals surface area contributed by atoms with Crippen molar-refractivity contribution in [3.05, 3.63) is 58.9 Å². The lowest BCUT2D eigenvalue weighted by Gasteiger charge is -2.10. The van der Waals surface area contributed by atoms with Gasteiger partial charge in [0.25, 0.3) is 5.91 Å². The Morgan fingerprint density at radius 3 is 2.60 bits per heavy atom. The van der Waals surface area contributed by atoms with Crippen LogP contribution in [0.15, 0.2) is 36.7 Å². The third-order valence-corrected chi connectivity index (χ3v) is 3.08. The number of carbonyl (C=O) groups is 2. The highest BCUT2D eigenvalue weighted by molar-refractivity contribution is 6.04. The molecular weight excluding hydrogens is 256 g/mol. The van der Waals surface area contributed by atoms with Gasteiger partial charge in [0, 0.05) is 18.1 Å². The number of carboxylic acids is 1. The normalized spacial score (nSPS) is 10.1. The number of carboxylic acid groups (broad SMARTS) is 1. The Bertz CT molecular complexity index is 666. The minimum atomic E-state index is -1.01. The molecule has 0 aliphatic heterocycles. The van der Waals surface area contributed by atoms with Crippen molar-refractivity contribution >= 4 is 17.6 Å². The first-order valence-electron chi connectivity index (χ1n) is 6.05. The van der Waals surface area contributed by atoms with Crippen LogP contribution in [0.4, 0.5) is 5.69 Å². The van der Waals surface area contributed by atoms with Crippen LogP contribution >= 0.6 is 0 Å². The Morgan fingerprint density at radius 2 is 2.00 bits per heavy atom. The van der Waals surface area contributed by atoms with Crippen LogP contribution in [0.2, 0.25) is 0 Å². The van der Waals surface area contributed by atoms with Crippen molar-refractivity contribution in [2.75, 3.05) is 5.32 Å². The van der Waals surface area contributed by atoms with E-state index in [9.17, 15) is 9.59 Å². The molecule has 2 aromatic rings. The fourth-order valence-electron chi connectivity index (χ4n) is 1.85. The molecule has 0 atom stereocenters. The van der Waals surface area contributed by atoms with Gasteiger partial charge in [-0.05, 0) is 49.2 Å². The summed E-state index contributed by atoms with van der Waals surface area (Å²) >= 11 is 0. The molecule has 2 N–H and O–H groups in total. The second kappa shape index (κ2) is 5.52. The first-order valence-corrected chi connectivity index (χ1v) is 6.05. The van der Waals surface area contributed by atoms with Crippen LogP contribution in [-0.4, -0.2) is 22.0 Å². The van der Waals surface area contributed by atoms with Gasteiger partial charge in [0.15, 0.2) is 0 Å². The van der Waals surface area contributed by atoms with Crippen molar-refractivity contribution in [3.8, 4) is 0 Å². The van der Waals surface area contributed by atoms with Gasteiger partial charge in [-0.15, -0.1) is 0 Å². The number of carbonyl (C=O) groups excluding carboxylic acids is 1. The molecule has 1 aromatic carbocycles. The van der Waals surface area contributed by atoms with Crippen LogP contribution in [-0.2, 0) is 0 Å². The van der Waals surface area contributed by atoms with E-state index in [-0.39, 0.29) is 11.5 Å². The third kappa shape index (κ3) is 2.83. The summed E-state index contributed by atoms with van der Waals surface area (Å²) < 4.78 is 0. The summed E-state index contributed by atoms with van der Waals surface area (Å²) in [7, 11) is 0. The Kier molecular flexibility index (Phi) is 3.79. The fourth-order valence-corrected chi connectivity index (χ4v) is 1.85. The number of rotatable bonds is 3. The van der Waals surface area contributed by atoms with Crippen molar-refractivity contribution in [1.29, 1.82) is 0 Å². The van der Waals surface area contributed by atoms with E-state index in [1.165, 1.54) is 12.3 Å². The van der Waals surface area contributed by atoms with Crippen LogP contribution in [0.25, 0.3) is 0 Å². The number of benzene rings is 1. The Hall–Kier alpha value is -2.69. The molecule has 102 valence electrons. The predicted octanol–water partition coefficient (Wildman–Crippen LogP) is 2.65. The zero-order valence-corrected chi connectivity index (χ0v) is 11.2. The van der Waals surface area contributed by atoms with Gasteiger partial charge in [0.1, 0.15) is 0 Å². The minimum Gasteiger partial charge on any atom is -0.478 e. The topological polar surface area (TPSA) is 79.3 Å². The third-order valence-electron chi connectivity index (χ3n) is 3.08. The molecule has 1 amide bonds. The number of nitrogens with one attached hydrogen (secondary N) is 1. The molecule has 0 aliphatic carbocycles. The van der Waals surface area contributed by atoms with Crippen molar-refractivity contribution in [2.24, 2.45) is 0 Å². The van der Waals surface area contributed by atoms with Gasteiger partial charge in [-0.3, -0.25) is 9.78 Å². The Balaban J connectivity index is 2.31. The van der Waals surface area contributed by atoms with E-state index in [0.29, 0.717) is 16.8 Å².